The first-order valence-electron chi connectivity index (χ1n) is 10.9. The number of hydrogen-bond acceptors (Lipinski definition) is 4. The summed E-state index contributed by atoms with van der Waals surface area (Å²) in [7, 11) is 0. The van der Waals surface area contributed by atoms with Gasteiger partial charge in [-0.2, -0.15) is 0 Å². The van der Waals surface area contributed by atoms with Gasteiger partial charge in [0.05, 0.1) is 6.61 Å². The maximum Gasteiger partial charge on any atom is 0.316 e. The molecule has 30 heavy (non-hydrogen) atoms. The molecule has 0 N–H and O–H groups in total. The van der Waals surface area contributed by atoms with Gasteiger partial charge in [0.15, 0.2) is 0 Å². The standard InChI is InChI=1S/C23H28N6O/c1-3-16-14-17(4-2)26-23(25-16)30-13-7-12-29-21-9-6-5-8-19(21)20-15-18(27-28-24)10-11-22(20)29/h10-11,14-15H,3-9,12-13H2,1-2H3. The lowest BCUT2D eigenvalue weighted by Gasteiger charge is -2.16. The van der Waals surface area contributed by atoms with E-state index in [0.29, 0.717) is 18.3 Å². The van der Waals surface area contributed by atoms with Gasteiger partial charge in [0, 0.05) is 45.1 Å². The molecule has 0 fully saturated rings. The van der Waals surface area contributed by atoms with Crippen LogP contribution in [0.2, 0.25) is 0 Å². The van der Waals surface area contributed by atoms with Gasteiger partial charge in [0.25, 0.3) is 0 Å². The Hall–Kier alpha value is -3.05. The number of hydrogen-bond donors (Lipinski definition) is 0. The van der Waals surface area contributed by atoms with Crippen molar-refractivity contribution >= 4 is 16.6 Å². The Kier molecular flexibility index (Phi) is 6.19. The van der Waals surface area contributed by atoms with Gasteiger partial charge < -0.3 is 9.30 Å². The summed E-state index contributed by atoms with van der Waals surface area (Å²) in [6, 6.07) is 8.55. The van der Waals surface area contributed by atoms with E-state index in [0.717, 1.165) is 50.0 Å². The Morgan fingerprint density at radius 2 is 1.87 bits per heavy atom. The molecule has 1 aromatic carbocycles. The van der Waals surface area contributed by atoms with Crippen LogP contribution in [0.4, 0.5) is 5.69 Å². The highest BCUT2D eigenvalue weighted by atomic mass is 16.5. The zero-order chi connectivity index (χ0) is 20.9. The van der Waals surface area contributed by atoms with E-state index in [1.165, 1.54) is 35.0 Å². The van der Waals surface area contributed by atoms with E-state index in [1.54, 1.807) is 0 Å². The number of fused-ring (bicyclic) bond motifs is 3. The molecule has 1 aliphatic carbocycles. The number of ether oxygens (including phenoxy) is 1. The van der Waals surface area contributed by atoms with E-state index < -0.39 is 0 Å². The molecule has 0 amide bonds. The molecular formula is C23H28N6O. The minimum atomic E-state index is 0.490. The molecule has 3 aromatic rings. The number of azide groups is 1. The van der Waals surface area contributed by atoms with E-state index in [2.05, 4.69) is 50.5 Å². The van der Waals surface area contributed by atoms with E-state index in [1.807, 2.05) is 12.1 Å². The van der Waals surface area contributed by atoms with Gasteiger partial charge in [0.1, 0.15) is 0 Å². The van der Waals surface area contributed by atoms with Gasteiger partial charge in [-0.05, 0) is 74.2 Å². The van der Waals surface area contributed by atoms with Gasteiger partial charge in [-0.15, -0.1) is 0 Å². The summed E-state index contributed by atoms with van der Waals surface area (Å²) in [5.41, 5.74) is 15.6. The molecule has 7 heteroatoms. The number of nitrogens with zero attached hydrogens (tertiary/aromatic N) is 6. The minimum absolute atomic E-state index is 0.490. The highest BCUT2D eigenvalue weighted by molar-refractivity contribution is 5.88. The molecule has 156 valence electrons. The minimum Gasteiger partial charge on any atom is -0.463 e. The Labute approximate surface area is 176 Å². The summed E-state index contributed by atoms with van der Waals surface area (Å²) in [6.45, 7) is 5.67. The van der Waals surface area contributed by atoms with Gasteiger partial charge in [0.2, 0.25) is 0 Å². The third kappa shape index (κ3) is 4.12. The summed E-state index contributed by atoms with van der Waals surface area (Å²) < 4.78 is 8.33. The highest BCUT2D eigenvalue weighted by Crippen LogP contribution is 2.34. The van der Waals surface area contributed by atoms with Crippen LogP contribution in [0.1, 0.15) is 55.8 Å². The summed E-state index contributed by atoms with van der Waals surface area (Å²) in [5.74, 6) is 0. The average molecular weight is 405 g/mol. The number of aromatic nitrogens is 3. The van der Waals surface area contributed by atoms with Gasteiger partial charge in [-0.25, -0.2) is 9.97 Å². The molecule has 7 nitrogen and oxygen atoms in total. The smallest absolute Gasteiger partial charge is 0.316 e. The van der Waals surface area contributed by atoms with Crippen LogP contribution in [0.25, 0.3) is 21.3 Å². The lowest BCUT2D eigenvalue weighted by Crippen LogP contribution is -2.11. The lowest BCUT2D eigenvalue weighted by atomic mass is 9.95. The van der Waals surface area contributed by atoms with Gasteiger partial charge in [-0.1, -0.05) is 25.0 Å². The summed E-state index contributed by atoms with van der Waals surface area (Å²) >= 11 is 0. The average Bonchev–Trinajstić information content (AvgIpc) is 3.10. The molecule has 0 saturated carbocycles. The summed E-state index contributed by atoms with van der Waals surface area (Å²) in [4.78, 5) is 11.9. The van der Waals surface area contributed by atoms with Crippen LogP contribution in [-0.2, 0) is 32.2 Å². The Bertz CT molecular complexity index is 1070. The van der Waals surface area contributed by atoms with Crippen molar-refractivity contribution in [1.29, 1.82) is 0 Å². The van der Waals surface area contributed by atoms with Crippen LogP contribution in [0.5, 0.6) is 6.01 Å². The van der Waals surface area contributed by atoms with Gasteiger partial charge in [-0.3, -0.25) is 0 Å². The number of aryl methyl sites for hydroxylation is 4. The maximum atomic E-state index is 8.77. The van der Waals surface area contributed by atoms with E-state index in [-0.39, 0.29) is 0 Å². The molecule has 4 rings (SSSR count). The predicted molar refractivity (Wildman–Crippen MR) is 118 cm³/mol. The second kappa shape index (κ2) is 9.18. The van der Waals surface area contributed by atoms with E-state index in [9.17, 15) is 0 Å². The quantitative estimate of drug-likeness (QED) is 0.204. The molecule has 1 aliphatic rings. The highest BCUT2D eigenvalue weighted by Gasteiger charge is 2.20. The molecule has 0 radical (unpaired) electrons. The normalized spacial score (nSPS) is 13.1. The fraction of sp³-hybridized carbons (Fsp3) is 0.478. The zero-order valence-electron chi connectivity index (χ0n) is 17.8. The third-order valence-corrected chi connectivity index (χ3v) is 5.81. The summed E-state index contributed by atoms with van der Waals surface area (Å²) in [6.07, 6.45) is 7.27. The molecule has 0 bridgehead atoms. The third-order valence-electron chi connectivity index (χ3n) is 5.81. The first-order chi connectivity index (χ1) is 14.7. The Balaban J connectivity index is 1.51. The van der Waals surface area contributed by atoms with Gasteiger partial charge >= 0.3 is 6.01 Å². The van der Waals surface area contributed by atoms with Crippen molar-refractivity contribution in [3.8, 4) is 6.01 Å². The van der Waals surface area contributed by atoms with Crippen molar-refractivity contribution in [1.82, 2.24) is 14.5 Å². The van der Waals surface area contributed by atoms with Crippen LogP contribution in [0.15, 0.2) is 29.4 Å². The first kappa shape index (κ1) is 20.2. The zero-order valence-corrected chi connectivity index (χ0v) is 17.8. The molecule has 0 saturated heterocycles. The Morgan fingerprint density at radius 3 is 2.60 bits per heavy atom. The van der Waals surface area contributed by atoms with Crippen LogP contribution in [0, 0.1) is 0 Å². The van der Waals surface area contributed by atoms with Crippen LogP contribution >= 0.6 is 0 Å². The maximum absolute atomic E-state index is 8.77. The van der Waals surface area contributed by atoms with Crippen molar-refractivity contribution in [2.45, 2.75) is 65.3 Å². The fourth-order valence-corrected chi connectivity index (χ4v) is 4.33. The molecule has 0 unspecified atom stereocenters. The summed E-state index contributed by atoms with van der Waals surface area (Å²) in [5, 5.41) is 5.01. The lowest BCUT2D eigenvalue weighted by molar-refractivity contribution is 0.277. The van der Waals surface area contributed by atoms with Crippen molar-refractivity contribution in [2.75, 3.05) is 6.61 Å². The molecule has 2 aromatic heterocycles. The van der Waals surface area contributed by atoms with Crippen molar-refractivity contribution in [2.24, 2.45) is 5.11 Å². The number of rotatable bonds is 8. The van der Waals surface area contributed by atoms with Crippen molar-refractivity contribution in [3.05, 3.63) is 57.4 Å². The first-order valence-corrected chi connectivity index (χ1v) is 10.9. The van der Waals surface area contributed by atoms with Crippen LogP contribution in [-0.4, -0.2) is 21.1 Å². The monoisotopic (exact) mass is 404 g/mol. The second-order valence-electron chi connectivity index (χ2n) is 7.72. The van der Waals surface area contributed by atoms with E-state index in [4.69, 9.17) is 10.3 Å². The molecule has 0 atom stereocenters. The molecule has 0 aliphatic heterocycles. The predicted octanol–water partition coefficient (Wildman–Crippen LogP) is 5.85. The second-order valence-corrected chi connectivity index (χ2v) is 7.72. The molecular weight excluding hydrogens is 376 g/mol. The SMILES string of the molecule is CCc1cc(CC)nc(OCCCn2c3c(c4cc(N=[N+]=[N-])ccc42)CCCC3)n1. The molecule has 2 heterocycles. The molecule has 0 spiro atoms. The van der Waals surface area contributed by atoms with Crippen LogP contribution < -0.4 is 4.74 Å². The van der Waals surface area contributed by atoms with Crippen molar-refractivity contribution < 1.29 is 4.74 Å². The number of benzene rings is 1. The van der Waals surface area contributed by atoms with Crippen molar-refractivity contribution in [3.63, 3.8) is 0 Å². The fourth-order valence-electron chi connectivity index (χ4n) is 4.33. The van der Waals surface area contributed by atoms with E-state index >= 15 is 0 Å². The topological polar surface area (TPSA) is 88.7 Å². The van der Waals surface area contributed by atoms with Crippen LogP contribution in [0.3, 0.4) is 0 Å². The Morgan fingerprint density at radius 1 is 1.10 bits per heavy atom. The largest absolute Gasteiger partial charge is 0.463 e.